The van der Waals surface area contributed by atoms with Gasteiger partial charge < -0.3 is 19.3 Å². The standard InChI is InChI=1S/C17H15ClO5/c1-21-13-4-2-3-11(9-13)17(22-7-8-23-17)15-6-5-12(18)10-14(15)16(19)20/h2-6,9-10H,7-8H2,1H3,(H,19,20). The van der Waals surface area contributed by atoms with Gasteiger partial charge >= 0.3 is 5.97 Å². The summed E-state index contributed by atoms with van der Waals surface area (Å²) in [6.45, 7) is 0.720. The molecule has 1 fully saturated rings. The van der Waals surface area contributed by atoms with E-state index in [4.69, 9.17) is 25.8 Å². The number of hydrogen-bond donors (Lipinski definition) is 1. The molecule has 0 spiro atoms. The van der Waals surface area contributed by atoms with Crippen LogP contribution in [0.15, 0.2) is 42.5 Å². The average Bonchev–Trinajstić information content (AvgIpc) is 3.05. The van der Waals surface area contributed by atoms with Gasteiger partial charge in [0.2, 0.25) is 5.79 Å². The minimum absolute atomic E-state index is 0.0437. The summed E-state index contributed by atoms with van der Waals surface area (Å²) < 4.78 is 17.0. The van der Waals surface area contributed by atoms with Crippen molar-refractivity contribution in [2.75, 3.05) is 20.3 Å². The molecule has 0 bridgehead atoms. The average molecular weight is 335 g/mol. The predicted octanol–water partition coefficient (Wildman–Crippen LogP) is 3.29. The molecule has 0 aromatic heterocycles. The number of halogens is 1. The van der Waals surface area contributed by atoms with E-state index in [1.165, 1.54) is 6.07 Å². The van der Waals surface area contributed by atoms with Gasteiger partial charge in [0.1, 0.15) is 5.75 Å². The Hall–Kier alpha value is -2.08. The highest BCUT2D eigenvalue weighted by atomic mass is 35.5. The molecule has 0 atom stereocenters. The van der Waals surface area contributed by atoms with Gasteiger partial charge in [-0.1, -0.05) is 29.8 Å². The molecule has 1 saturated heterocycles. The quantitative estimate of drug-likeness (QED) is 0.929. The third-order valence-corrected chi connectivity index (χ3v) is 3.95. The normalized spacial score (nSPS) is 16.3. The molecule has 1 aliphatic heterocycles. The number of aromatic carboxylic acids is 1. The van der Waals surface area contributed by atoms with Gasteiger partial charge in [0.15, 0.2) is 0 Å². The lowest BCUT2D eigenvalue weighted by molar-refractivity contribution is -0.130. The molecule has 6 heteroatoms. The minimum atomic E-state index is -1.28. The van der Waals surface area contributed by atoms with Crippen LogP contribution in [-0.2, 0) is 15.3 Å². The zero-order valence-corrected chi connectivity index (χ0v) is 13.2. The smallest absolute Gasteiger partial charge is 0.336 e. The van der Waals surface area contributed by atoms with Gasteiger partial charge in [0.25, 0.3) is 0 Å². The van der Waals surface area contributed by atoms with Crippen molar-refractivity contribution in [3.63, 3.8) is 0 Å². The molecule has 1 heterocycles. The summed E-state index contributed by atoms with van der Waals surface area (Å²) in [5.74, 6) is -1.75. The summed E-state index contributed by atoms with van der Waals surface area (Å²) in [5.41, 5.74) is 1.11. The molecule has 1 aliphatic rings. The van der Waals surface area contributed by atoms with Crippen LogP contribution in [0, 0.1) is 0 Å². The summed E-state index contributed by atoms with van der Waals surface area (Å²) >= 11 is 5.94. The molecule has 2 aromatic carbocycles. The fraction of sp³-hybridized carbons (Fsp3) is 0.235. The topological polar surface area (TPSA) is 65.0 Å². The maximum atomic E-state index is 11.6. The fourth-order valence-electron chi connectivity index (χ4n) is 2.70. The van der Waals surface area contributed by atoms with Crippen molar-refractivity contribution in [3.05, 3.63) is 64.2 Å². The van der Waals surface area contributed by atoms with E-state index in [1.807, 2.05) is 6.07 Å². The summed E-state index contributed by atoms with van der Waals surface area (Å²) in [4.78, 5) is 11.6. The molecule has 1 N–H and O–H groups in total. The second-order valence-corrected chi connectivity index (χ2v) is 5.48. The van der Waals surface area contributed by atoms with Gasteiger partial charge in [-0.3, -0.25) is 0 Å². The number of benzene rings is 2. The van der Waals surface area contributed by atoms with E-state index in [1.54, 1.807) is 37.4 Å². The molecule has 2 aromatic rings. The number of carbonyl (C=O) groups is 1. The van der Waals surface area contributed by atoms with Gasteiger partial charge in [-0.05, 0) is 24.3 Å². The first-order valence-corrected chi connectivity index (χ1v) is 7.40. The van der Waals surface area contributed by atoms with E-state index < -0.39 is 11.8 Å². The summed E-state index contributed by atoms with van der Waals surface area (Å²) in [6.07, 6.45) is 0. The van der Waals surface area contributed by atoms with Crippen molar-refractivity contribution in [2.24, 2.45) is 0 Å². The Kier molecular flexibility index (Phi) is 4.26. The Morgan fingerprint density at radius 2 is 1.96 bits per heavy atom. The summed E-state index contributed by atoms with van der Waals surface area (Å²) in [7, 11) is 1.56. The third-order valence-electron chi connectivity index (χ3n) is 3.71. The largest absolute Gasteiger partial charge is 0.497 e. The van der Waals surface area contributed by atoms with E-state index >= 15 is 0 Å². The minimum Gasteiger partial charge on any atom is -0.497 e. The van der Waals surface area contributed by atoms with Gasteiger partial charge in [-0.15, -0.1) is 0 Å². The fourth-order valence-corrected chi connectivity index (χ4v) is 2.87. The zero-order chi connectivity index (χ0) is 16.4. The molecule has 0 saturated carbocycles. The second kappa shape index (κ2) is 6.20. The molecular weight excluding hydrogens is 320 g/mol. The third kappa shape index (κ3) is 2.79. The Morgan fingerprint density at radius 3 is 2.61 bits per heavy atom. The molecule has 0 aliphatic carbocycles. The van der Waals surface area contributed by atoms with Crippen molar-refractivity contribution < 1.29 is 24.1 Å². The second-order valence-electron chi connectivity index (χ2n) is 5.04. The van der Waals surface area contributed by atoms with Crippen LogP contribution < -0.4 is 4.74 Å². The molecule has 120 valence electrons. The van der Waals surface area contributed by atoms with Crippen LogP contribution in [0.25, 0.3) is 0 Å². The molecular formula is C17H15ClO5. The number of carboxylic acids is 1. The van der Waals surface area contributed by atoms with Crippen LogP contribution in [0.3, 0.4) is 0 Å². The number of rotatable bonds is 4. The van der Waals surface area contributed by atoms with Crippen LogP contribution >= 0.6 is 11.6 Å². The van der Waals surface area contributed by atoms with Crippen molar-refractivity contribution >= 4 is 17.6 Å². The van der Waals surface area contributed by atoms with Gasteiger partial charge in [0, 0.05) is 16.1 Å². The van der Waals surface area contributed by atoms with Crippen molar-refractivity contribution in [1.82, 2.24) is 0 Å². The van der Waals surface area contributed by atoms with Gasteiger partial charge in [0.05, 0.1) is 25.9 Å². The van der Waals surface area contributed by atoms with Gasteiger partial charge in [-0.25, -0.2) is 4.79 Å². The number of hydrogen-bond acceptors (Lipinski definition) is 4. The van der Waals surface area contributed by atoms with Crippen LogP contribution in [0.4, 0.5) is 0 Å². The highest BCUT2D eigenvalue weighted by Crippen LogP contribution is 2.41. The summed E-state index contributed by atoms with van der Waals surface area (Å²) in [5, 5.41) is 9.86. The Balaban J connectivity index is 2.21. The summed E-state index contributed by atoms with van der Waals surface area (Å²) in [6, 6.07) is 11.8. The SMILES string of the molecule is COc1cccc(C2(c3ccc(Cl)cc3C(=O)O)OCCO2)c1. The van der Waals surface area contributed by atoms with E-state index in [-0.39, 0.29) is 5.56 Å². The van der Waals surface area contributed by atoms with E-state index in [9.17, 15) is 9.90 Å². The maximum absolute atomic E-state index is 11.6. The maximum Gasteiger partial charge on any atom is 0.336 e. The van der Waals surface area contributed by atoms with Gasteiger partial charge in [-0.2, -0.15) is 0 Å². The van der Waals surface area contributed by atoms with E-state index in [2.05, 4.69) is 0 Å². The lowest BCUT2D eigenvalue weighted by Gasteiger charge is -2.30. The first-order valence-electron chi connectivity index (χ1n) is 7.02. The lowest BCUT2D eigenvalue weighted by Crippen LogP contribution is -2.31. The highest BCUT2D eigenvalue weighted by molar-refractivity contribution is 6.31. The van der Waals surface area contributed by atoms with Crippen molar-refractivity contribution in [3.8, 4) is 5.75 Å². The molecule has 0 radical (unpaired) electrons. The molecule has 3 rings (SSSR count). The van der Waals surface area contributed by atoms with Crippen LogP contribution in [0.5, 0.6) is 5.75 Å². The highest BCUT2D eigenvalue weighted by Gasteiger charge is 2.43. The molecule has 23 heavy (non-hydrogen) atoms. The molecule has 0 amide bonds. The zero-order valence-electron chi connectivity index (χ0n) is 12.4. The monoisotopic (exact) mass is 334 g/mol. The molecule has 5 nitrogen and oxygen atoms in total. The first-order chi connectivity index (χ1) is 11.1. The Morgan fingerprint density at radius 1 is 1.22 bits per heavy atom. The van der Waals surface area contributed by atoms with Crippen molar-refractivity contribution in [2.45, 2.75) is 5.79 Å². The first kappa shape index (κ1) is 15.8. The Labute approximate surface area is 138 Å². The number of methoxy groups -OCH3 is 1. The van der Waals surface area contributed by atoms with Crippen molar-refractivity contribution in [1.29, 1.82) is 0 Å². The number of carboxylic acid groups (broad SMARTS) is 1. The lowest BCUT2D eigenvalue weighted by atomic mass is 9.93. The molecule has 0 unspecified atom stereocenters. The van der Waals surface area contributed by atoms with Crippen LogP contribution in [0.2, 0.25) is 5.02 Å². The van der Waals surface area contributed by atoms with E-state index in [0.717, 1.165) is 0 Å². The Bertz CT molecular complexity index is 738. The predicted molar refractivity (Wildman–Crippen MR) is 84.1 cm³/mol. The van der Waals surface area contributed by atoms with Crippen LogP contribution in [0.1, 0.15) is 21.5 Å². The van der Waals surface area contributed by atoms with E-state index in [0.29, 0.717) is 35.1 Å². The number of ether oxygens (including phenoxy) is 3. The van der Waals surface area contributed by atoms with Crippen LogP contribution in [-0.4, -0.2) is 31.4 Å².